The van der Waals surface area contributed by atoms with E-state index in [0.29, 0.717) is 0 Å². The van der Waals surface area contributed by atoms with Crippen LogP contribution in [0.1, 0.15) is 27.2 Å². The molecule has 0 aromatic carbocycles. The molecule has 0 aliphatic heterocycles. The topological polar surface area (TPSA) is 24.4 Å². The first-order valence-electron chi connectivity index (χ1n) is 6.42. The number of nitrogens with zero attached hydrogens (tertiary/aromatic N) is 1. The fraction of sp³-hybridized carbons (Fsp3) is 0.235. The van der Waals surface area contributed by atoms with E-state index in [-0.39, 0.29) is 0 Å². The molecular formula is C17H22N2. The molecule has 0 heterocycles. The monoisotopic (exact) mass is 254 g/mol. The Kier molecular flexibility index (Phi) is 6.37. The Morgan fingerprint density at radius 1 is 1.42 bits per heavy atom. The van der Waals surface area contributed by atoms with Crippen LogP contribution in [0.5, 0.6) is 0 Å². The maximum absolute atomic E-state index is 4.06. The molecular weight excluding hydrogens is 232 g/mol. The third-order valence-corrected chi connectivity index (χ3v) is 2.54. The Morgan fingerprint density at radius 3 is 2.95 bits per heavy atom. The van der Waals surface area contributed by atoms with Gasteiger partial charge in [-0.15, -0.1) is 0 Å². The normalized spacial score (nSPS) is 15.1. The van der Waals surface area contributed by atoms with E-state index in [0.717, 1.165) is 17.6 Å². The lowest BCUT2D eigenvalue weighted by atomic mass is 10.1. The predicted octanol–water partition coefficient (Wildman–Crippen LogP) is 4.43. The summed E-state index contributed by atoms with van der Waals surface area (Å²) in [4.78, 5) is 0. The Balaban J connectivity index is 2.53. The Morgan fingerprint density at radius 2 is 2.21 bits per heavy atom. The fourth-order valence-corrected chi connectivity index (χ4v) is 1.51. The van der Waals surface area contributed by atoms with Crippen molar-refractivity contribution in [3.63, 3.8) is 0 Å². The summed E-state index contributed by atoms with van der Waals surface area (Å²) >= 11 is 0. The second kappa shape index (κ2) is 8.09. The van der Waals surface area contributed by atoms with Gasteiger partial charge in [-0.3, -0.25) is 5.43 Å². The van der Waals surface area contributed by atoms with E-state index in [2.05, 4.69) is 48.3 Å². The van der Waals surface area contributed by atoms with Crippen LogP contribution in [0.4, 0.5) is 0 Å². The van der Waals surface area contributed by atoms with E-state index in [4.69, 9.17) is 0 Å². The maximum atomic E-state index is 4.06. The Hall–Kier alpha value is -2.09. The fourth-order valence-electron chi connectivity index (χ4n) is 1.51. The van der Waals surface area contributed by atoms with Gasteiger partial charge in [0.1, 0.15) is 0 Å². The molecule has 0 bridgehead atoms. The zero-order valence-corrected chi connectivity index (χ0v) is 12.0. The van der Waals surface area contributed by atoms with Crippen molar-refractivity contribution in [2.24, 2.45) is 5.10 Å². The molecule has 0 spiro atoms. The minimum atomic E-state index is 0.968. The van der Waals surface area contributed by atoms with Crippen LogP contribution in [0, 0.1) is 0 Å². The van der Waals surface area contributed by atoms with Crippen molar-refractivity contribution in [1.29, 1.82) is 0 Å². The molecule has 2 nitrogen and oxygen atoms in total. The highest BCUT2D eigenvalue weighted by atomic mass is 15.3. The molecule has 0 saturated heterocycles. The first kappa shape index (κ1) is 15.0. The summed E-state index contributed by atoms with van der Waals surface area (Å²) in [6.07, 6.45) is 17.0. The van der Waals surface area contributed by atoms with Crippen LogP contribution in [0.3, 0.4) is 0 Å². The summed E-state index contributed by atoms with van der Waals surface area (Å²) < 4.78 is 0. The van der Waals surface area contributed by atoms with E-state index in [9.17, 15) is 0 Å². The second-order valence-corrected chi connectivity index (χ2v) is 4.70. The highest BCUT2D eigenvalue weighted by Gasteiger charge is 1.98. The molecule has 0 aromatic heterocycles. The first-order chi connectivity index (χ1) is 9.09. The number of hydrogen-bond donors (Lipinski definition) is 1. The highest BCUT2D eigenvalue weighted by molar-refractivity contribution is 5.71. The quantitative estimate of drug-likeness (QED) is 0.438. The van der Waals surface area contributed by atoms with Crippen LogP contribution in [0.2, 0.25) is 0 Å². The molecule has 19 heavy (non-hydrogen) atoms. The summed E-state index contributed by atoms with van der Waals surface area (Å²) in [5.41, 5.74) is 7.45. The zero-order valence-electron chi connectivity index (χ0n) is 12.0. The summed E-state index contributed by atoms with van der Waals surface area (Å²) in [7, 11) is 0. The van der Waals surface area contributed by atoms with Crippen LogP contribution in [-0.4, -0.2) is 6.21 Å². The minimum Gasteiger partial charge on any atom is -0.286 e. The predicted molar refractivity (Wildman–Crippen MR) is 84.9 cm³/mol. The van der Waals surface area contributed by atoms with Crippen molar-refractivity contribution >= 4 is 6.21 Å². The molecule has 0 aromatic rings. The standard InChI is InChI=1S/C17H22N2/c1-14(2)9-11-18-19-12-10-16(4)17-8-6-5-7-15(3)13-17/h6-13,19H,4-5H2,1-3H3/b12-10-,18-11-. The van der Waals surface area contributed by atoms with Crippen molar-refractivity contribution in [3.8, 4) is 0 Å². The van der Waals surface area contributed by atoms with Gasteiger partial charge < -0.3 is 0 Å². The van der Waals surface area contributed by atoms with Gasteiger partial charge in [-0.25, -0.2) is 0 Å². The molecule has 2 heteroatoms. The molecule has 1 aliphatic rings. The van der Waals surface area contributed by atoms with Gasteiger partial charge in [0.15, 0.2) is 0 Å². The lowest BCUT2D eigenvalue weighted by Gasteiger charge is -2.01. The third kappa shape index (κ3) is 6.41. The molecule has 0 amide bonds. The van der Waals surface area contributed by atoms with E-state index in [1.165, 1.54) is 11.1 Å². The summed E-state index contributed by atoms with van der Waals surface area (Å²) in [5.74, 6) is 0. The van der Waals surface area contributed by atoms with E-state index in [1.54, 1.807) is 12.4 Å². The molecule has 0 unspecified atom stereocenters. The van der Waals surface area contributed by atoms with Gasteiger partial charge in [0.25, 0.3) is 0 Å². The lowest BCUT2D eigenvalue weighted by Crippen LogP contribution is -1.93. The van der Waals surface area contributed by atoms with Gasteiger partial charge in [-0.1, -0.05) is 42.0 Å². The molecule has 1 rings (SSSR count). The smallest absolute Gasteiger partial charge is 0.0471 e. The highest BCUT2D eigenvalue weighted by Crippen LogP contribution is 2.17. The van der Waals surface area contributed by atoms with Gasteiger partial charge >= 0.3 is 0 Å². The van der Waals surface area contributed by atoms with Crippen LogP contribution < -0.4 is 5.43 Å². The van der Waals surface area contributed by atoms with Gasteiger partial charge in [0.2, 0.25) is 0 Å². The SMILES string of the molecule is C=C(/C=C\N/N=C\C=C(C)C)C1=CC(C)=CCC=C1. The number of hydrazone groups is 1. The molecule has 0 radical (unpaired) electrons. The van der Waals surface area contributed by atoms with Crippen molar-refractivity contribution in [2.45, 2.75) is 27.2 Å². The second-order valence-electron chi connectivity index (χ2n) is 4.70. The summed E-state index contributed by atoms with van der Waals surface area (Å²) in [6.45, 7) is 10.2. The van der Waals surface area contributed by atoms with Gasteiger partial charge in [-0.05, 0) is 50.5 Å². The molecule has 0 saturated carbocycles. The van der Waals surface area contributed by atoms with E-state index in [1.807, 2.05) is 26.0 Å². The molecule has 0 fully saturated rings. The molecule has 0 atom stereocenters. The average molecular weight is 254 g/mol. The van der Waals surface area contributed by atoms with E-state index >= 15 is 0 Å². The largest absolute Gasteiger partial charge is 0.286 e. The number of allylic oxidation sites excluding steroid dienone is 10. The molecule has 100 valence electrons. The Bertz CT molecular complexity index is 493. The van der Waals surface area contributed by atoms with Gasteiger partial charge in [0.05, 0.1) is 0 Å². The zero-order chi connectivity index (χ0) is 14.1. The van der Waals surface area contributed by atoms with Crippen molar-refractivity contribution in [1.82, 2.24) is 5.43 Å². The first-order valence-corrected chi connectivity index (χ1v) is 6.42. The number of rotatable bonds is 5. The lowest BCUT2D eigenvalue weighted by molar-refractivity contribution is 0.975. The van der Waals surface area contributed by atoms with Crippen LogP contribution in [-0.2, 0) is 0 Å². The summed E-state index contributed by atoms with van der Waals surface area (Å²) in [5, 5.41) is 4.03. The molecule has 1 N–H and O–H groups in total. The van der Waals surface area contributed by atoms with Crippen molar-refractivity contribution in [2.75, 3.05) is 0 Å². The van der Waals surface area contributed by atoms with E-state index < -0.39 is 0 Å². The minimum absolute atomic E-state index is 0.968. The van der Waals surface area contributed by atoms with Gasteiger partial charge in [-0.2, -0.15) is 5.10 Å². The molecule has 1 aliphatic carbocycles. The summed E-state index contributed by atoms with van der Waals surface area (Å²) in [6, 6.07) is 0. The average Bonchev–Trinajstić information content (AvgIpc) is 2.57. The third-order valence-electron chi connectivity index (χ3n) is 2.54. The van der Waals surface area contributed by atoms with Crippen LogP contribution in [0.25, 0.3) is 0 Å². The van der Waals surface area contributed by atoms with Crippen molar-refractivity contribution in [3.05, 3.63) is 71.5 Å². The number of hydrogen-bond acceptors (Lipinski definition) is 2. The van der Waals surface area contributed by atoms with Crippen molar-refractivity contribution < 1.29 is 0 Å². The maximum Gasteiger partial charge on any atom is 0.0471 e. The number of nitrogens with one attached hydrogen (secondary N) is 1. The van der Waals surface area contributed by atoms with Crippen LogP contribution in [0.15, 0.2) is 76.6 Å². The van der Waals surface area contributed by atoms with Crippen LogP contribution >= 0.6 is 0 Å². The Labute approximate surface area is 116 Å². The van der Waals surface area contributed by atoms with Gasteiger partial charge in [0, 0.05) is 12.4 Å².